The standard InChI is InChI=1S/C17H15ClF2N2O3/c1-22(9-16(23)21-13-5-2-11(19)3-6-13)17(24)10-25-15-7-4-12(20)8-14(15)18/h2-8H,9-10H2,1H3,(H,21,23). The van der Waals surface area contributed by atoms with Crippen LogP contribution in [0.5, 0.6) is 5.75 Å². The summed E-state index contributed by atoms with van der Waals surface area (Å²) in [4.78, 5) is 25.0. The molecule has 2 rings (SSSR count). The Morgan fingerprint density at radius 3 is 2.40 bits per heavy atom. The number of hydrogen-bond donors (Lipinski definition) is 1. The van der Waals surface area contributed by atoms with Gasteiger partial charge in [0.15, 0.2) is 6.61 Å². The zero-order valence-electron chi connectivity index (χ0n) is 13.3. The van der Waals surface area contributed by atoms with Crippen molar-refractivity contribution in [2.45, 2.75) is 0 Å². The van der Waals surface area contributed by atoms with Gasteiger partial charge in [-0.2, -0.15) is 0 Å². The summed E-state index contributed by atoms with van der Waals surface area (Å²) in [7, 11) is 1.43. The van der Waals surface area contributed by atoms with Gasteiger partial charge >= 0.3 is 0 Å². The first-order chi connectivity index (χ1) is 11.8. The fourth-order valence-electron chi connectivity index (χ4n) is 1.88. The van der Waals surface area contributed by atoms with Crippen LogP contribution in [0.3, 0.4) is 0 Å². The maximum Gasteiger partial charge on any atom is 0.260 e. The quantitative estimate of drug-likeness (QED) is 0.852. The summed E-state index contributed by atoms with van der Waals surface area (Å²) in [5.74, 6) is -1.67. The number of hydrogen-bond acceptors (Lipinski definition) is 3. The Morgan fingerprint density at radius 2 is 1.76 bits per heavy atom. The molecule has 1 N–H and O–H groups in total. The van der Waals surface area contributed by atoms with Gasteiger partial charge < -0.3 is 15.0 Å². The van der Waals surface area contributed by atoms with E-state index in [0.29, 0.717) is 5.69 Å². The van der Waals surface area contributed by atoms with Crippen molar-refractivity contribution in [2.24, 2.45) is 0 Å². The molecule has 0 radical (unpaired) electrons. The Bertz CT molecular complexity index is 769. The first-order valence-corrected chi connectivity index (χ1v) is 7.60. The SMILES string of the molecule is CN(CC(=O)Nc1ccc(F)cc1)C(=O)COc1ccc(F)cc1Cl. The van der Waals surface area contributed by atoms with Gasteiger partial charge in [-0.25, -0.2) is 8.78 Å². The molecule has 0 fully saturated rings. The average molecular weight is 369 g/mol. The molecule has 132 valence electrons. The third-order valence-corrected chi connectivity index (χ3v) is 3.47. The topological polar surface area (TPSA) is 58.6 Å². The predicted octanol–water partition coefficient (Wildman–Crippen LogP) is 3.09. The Morgan fingerprint density at radius 1 is 1.12 bits per heavy atom. The fourth-order valence-corrected chi connectivity index (χ4v) is 2.10. The van der Waals surface area contributed by atoms with Crippen LogP contribution in [-0.2, 0) is 9.59 Å². The van der Waals surface area contributed by atoms with Crippen LogP contribution in [0.15, 0.2) is 42.5 Å². The van der Waals surface area contributed by atoms with Crippen LogP contribution in [0.4, 0.5) is 14.5 Å². The van der Waals surface area contributed by atoms with E-state index in [-0.39, 0.29) is 23.9 Å². The molecule has 0 saturated heterocycles. The summed E-state index contributed by atoms with van der Waals surface area (Å²) < 4.78 is 31.0. The molecule has 0 bridgehead atoms. The number of nitrogens with zero attached hydrogens (tertiary/aromatic N) is 1. The summed E-state index contributed by atoms with van der Waals surface area (Å²) in [5.41, 5.74) is 0.418. The van der Waals surface area contributed by atoms with Gasteiger partial charge in [0, 0.05) is 12.7 Å². The largest absolute Gasteiger partial charge is 0.482 e. The van der Waals surface area contributed by atoms with Gasteiger partial charge in [-0.05, 0) is 42.5 Å². The van der Waals surface area contributed by atoms with E-state index >= 15 is 0 Å². The number of anilines is 1. The van der Waals surface area contributed by atoms with Crippen LogP contribution < -0.4 is 10.1 Å². The van der Waals surface area contributed by atoms with Crippen molar-refractivity contribution >= 4 is 29.1 Å². The van der Waals surface area contributed by atoms with E-state index in [0.717, 1.165) is 17.0 Å². The molecule has 0 aromatic heterocycles. The minimum atomic E-state index is -0.516. The Labute approximate surface area is 148 Å². The number of ether oxygens (including phenoxy) is 1. The number of amides is 2. The monoisotopic (exact) mass is 368 g/mol. The van der Waals surface area contributed by atoms with E-state index in [9.17, 15) is 18.4 Å². The molecule has 25 heavy (non-hydrogen) atoms. The third kappa shape index (κ3) is 5.72. The first-order valence-electron chi connectivity index (χ1n) is 7.22. The lowest BCUT2D eigenvalue weighted by molar-refractivity contribution is -0.135. The molecule has 0 saturated carbocycles. The number of likely N-dealkylation sites (N-methyl/N-ethyl adjacent to an activating group) is 1. The van der Waals surface area contributed by atoms with E-state index in [1.54, 1.807) is 0 Å². The van der Waals surface area contributed by atoms with E-state index in [4.69, 9.17) is 16.3 Å². The second-order valence-corrected chi connectivity index (χ2v) is 5.58. The second-order valence-electron chi connectivity index (χ2n) is 5.17. The van der Waals surface area contributed by atoms with Crippen LogP contribution >= 0.6 is 11.6 Å². The number of benzene rings is 2. The van der Waals surface area contributed by atoms with Gasteiger partial charge in [-0.15, -0.1) is 0 Å². The van der Waals surface area contributed by atoms with Crippen molar-refractivity contribution in [3.05, 3.63) is 59.1 Å². The molecule has 8 heteroatoms. The van der Waals surface area contributed by atoms with Crippen LogP contribution in [0.25, 0.3) is 0 Å². The lowest BCUT2D eigenvalue weighted by Gasteiger charge is -2.17. The average Bonchev–Trinajstić information content (AvgIpc) is 2.55. The molecule has 0 aliphatic rings. The molecule has 0 unspecified atom stereocenters. The van der Waals surface area contributed by atoms with E-state index in [1.807, 2.05) is 0 Å². The van der Waals surface area contributed by atoms with E-state index in [2.05, 4.69) is 5.32 Å². The van der Waals surface area contributed by atoms with Crippen LogP contribution in [0, 0.1) is 11.6 Å². The molecule has 2 amide bonds. The molecule has 2 aromatic rings. The summed E-state index contributed by atoms with van der Waals surface area (Å²) in [5, 5.41) is 2.59. The number of rotatable bonds is 6. The fraction of sp³-hybridized carbons (Fsp3) is 0.176. The summed E-state index contributed by atoms with van der Waals surface area (Å²) >= 11 is 5.80. The highest BCUT2D eigenvalue weighted by Crippen LogP contribution is 2.24. The highest BCUT2D eigenvalue weighted by molar-refractivity contribution is 6.32. The van der Waals surface area contributed by atoms with Gasteiger partial charge in [-0.1, -0.05) is 11.6 Å². The summed E-state index contributed by atoms with van der Waals surface area (Å²) in [6, 6.07) is 8.79. The van der Waals surface area contributed by atoms with Crippen molar-refractivity contribution < 1.29 is 23.1 Å². The van der Waals surface area contributed by atoms with Crippen LogP contribution in [0.2, 0.25) is 5.02 Å². The lowest BCUT2D eigenvalue weighted by atomic mass is 10.3. The number of halogens is 3. The molecule has 0 aliphatic heterocycles. The van der Waals surface area contributed by atoms with E-state index in [1.165, 1.54) is 37.4 Å². The Balaban J connectivity index is 1.82. The molecule has 2 aromatic carbocycles. The maximum atomic E-state index is 12.9. The molecule has 5 nitrogen and oxygen atoms in total. The molecule has 0 atom stereocenters. The normalized spacial score (nSPS) is 10.2. The van der Waals surface area contributed by atoms with Gasteiger partial charge in [0.2, 0.25) is 5.91 Å². The highest BCUT2D eigenvalue weighted by atomic mass is 35.5. The van der Waals surface area contributed by atoms with Crippen LogP contribution in [0.1, 0.15) is 0 Å². The smallest absolute Gasteiger partial charge is 0.260 e. The maximum absolute atomic E-state index is 12.9. The number of carbonyl (C=O) groups excluding carboxylic acids is 2. The molecular weight excluding hydrogens is 354 g/mol. The summed E-state index contributed by atoms with van der Waals surface area (Å²) in [6.07, 6.45) is 0. The molecular formula is C17H15ClF2N2O3. The highest BCUT2D eigenvalue weighted by Gasteiger charge is 2.14. The van der Waals surface area contributed by atoms with Crippen molar-refractivity contribution in [3.63, 3.8) is 0 Å². The molecule has 0 aliphatic carbocycles. The van der Waals surface area contributed by atoms with Crippen molar-refractivity contribution in [1.82, 2.24) is 4.90 Å². The third-order valence-electron chi connectivity index (χ3n) is 3.18. The minimum Gasteiger partial charge on any atom is -0.482 e. The first kappa shape index (κ1) is 18.7. The zero-order chi connectivity index (χ0) is 18.4. The van der Waals surface area contributed by atoms with Crippen LogP contribution in [-0.4, -0.2) is 36.9 Å². The molecule has 0 spiro atoms. The molecule has 0 heterocycles. The van der Waals surface area contributed by atoms with E-state index < -0.39 is 23.4 Å². The van der Waals surface area contributed by atoms with Gasteiger partial charge in [-0.3, -0.25) is 9.59 Å². The zero-order valence-corrected chi connectivity index (χ0v) is 14.0. The number of nitrogens with one attached hydrogen (secondary N) is 1. The second kappa shape index (κ2) is 8.43. The van der Waals surface area contributed by atoms with Gasteiger partial charge in [0.25, 0.3) is 5.91 Å². The lowest BCUT2D eigenvalue weighted by Crippen LogP contribution is -2.37. The Hall–Kier alpha value is -2.67. The summed E-state index contributed by atoms with van der Waals surface area (Å²) in [6.45, 7) is -0.567. The van der Waals surface area contributed by atoms with Crippen molar-refractivity contribution in [3.8, 4) is 5.75 Å². The number of carbonyl (C=O) groups is 2. The minimum absolute atomic E-state index is 0.0458. The predicted molar refractivity (Wildman–Crippen MR) is 89.6 cm³/mol. The van der Waals surface area contributed by atoms with Gasteiger partial charge in [0.1, 0.15) is 17.4 Å². The Kier molecular flexibility index (Phi) is 6.30. The van der Waals surface area contributed by atoms with Crippen molar-refractivity contribution in [2.75, 3.05) is 25.5 Å². The van der Waals surface area contributed by atoms with Gasteiger partial charge in [0.05, 0.1) is 11.6 Å². The van der Waals surface area contributed by atoms with Crippen molar-refractivity contribution in [1.29, 1.82) is 0 Å².